The molecule has 3 aromatic rings. The number of hydrogen-bond donors (Lipinski definition) is 0. The summed E-state index contributed by atoms with van der Waals surface area (Å²) in [6.07, 6.45) is 0. The van der Waals surface area contributed by atoms with Gasteiger partial charge in [-0.25, -0.2) is 0 Å². The molecular formula is C16H15BrN2O4S. The molecular weight excluding hydrogens is 396 g/mol. The Balaban J connectivity index is 2.10. The fourth-order valence-electron chi connectivity index (χ4n) is 2.24. The zero-order valence-electron chi connectivity index (χ0n) is 13.1. The second kappa shape index (κ2) is 7.33. The third-order valence-electron chi connectivity index (χ3n) is 3.39. The molecule has 0 atom stereocenters. The first-order valence-electron chi connectivity index (χ1n) is 7.13. The molecule has 6 nitrogen and oxygen atoms in total. The number of furan rings is 1. The molecule has 0 unspecified atom stereocenters. The van der Waals surface area contributed by atoms with Gasteiger partial charge >= 0.3 is 5.91 Å². The number of hydrogen-bond acceptors (Lipinski definition) is 5. The summed E-state index contributed by atoms with van der Waals surface area (Å²) in [5, 5.41) is 0. The fourth-order valence-corrected chi connectivity index (χ4v) is 3.63. The maximum absolute atomic E-state index is 12.3. The molecule has 2 aromatic heterocycles. The van der Waals surface area contributed by atoms with Gasteiger partial charge in [-0.15, -0.1) is 0 Å². The van der Waals surface area contributed by atoms with Crippen molar-refractivity contribution < 1.29 is 18.7 Å². The van der Waals surface area contributed by atoms with Crippen molar-refractivity contribution in [3.05, 3.63) is 45.6 Å². The number of thiazole rings is 1. The number of ether oxygens (including phenoxy) is 2. The number of carbonyl (C=O) groups is 1. The first-order chi connectivity index (χ1) is 11.6. The summed E-state index contributed by atoms with van der Waals surface area (Å²) < 4.78 is 19.1. The summed E-state index contributed by atoms with van der Waals surface area (Å²) >= 11 is 4.61. The average Bonchev–Trinajstić information content (AvgIpc) is 3.15. The summed E-state index contributed by atoms with van der Waals surface area (Å²) in [6, 6.07) is 9.01. The predicted octanol–water partition coefficient (Wildman–Crippen LogP) is 3.45. The summed E-state index contributed by atoms with van der Waals surface area (Å²) in [5.41, 5.74) is 0.977. The van der Waals surface area contributed by atoms with Gasteiger partial charge in [0.05, 0.1) is 23.9 Å². The number of carbonyl (C=O) groups excluding carboxylic acids is 1. The summed E-state index contributed by atoms with van der Waals surface area (Å²) in [6.45, 7) is 1.11. The van der Waals surface area contributed by atoms with Crippen molar-refractivity contribution in [3.63, 3.8) is 0 Å². The number of aromatic nitrogens is 1. The van der Waals surface area contributed by atoms with Gasteiger partial charge in [-0.05, 0) is 46.3 Å². The maximum atomic E-state index is 12.3. The molecule has 2 heterocycles. The Bertz CT molecular complexity index is 941. The van der Waals surface area contributed by atoms with E-state index >= 15 is 0 Å². The first kappa shape index (κ1) is 16.9. The molecule has 0 spiro atoms. The second-order valence-corrected chi connectivity index (χ2v) is 6.67. The summed E-state index contributed by atoms with van der Waals surface area (Å²) in [7, 11) is 3.26. The normalized spacial score (nSPS) is 12.0. The van der Waals surface area contributed by atoms with Crippen LogP contribution in [-0.2, 0) is 11.3 Å². The van der Waals surface area contributed by atoms with Crippen LogP contribution < -0.4 is 9.54 Å². The Labute approximate surface area is 150 Å². The summed E-state index contributed by atoms with van der Waals surface area (Å²) in [5.74, 6) is 0.524. The van der Waals surface area contributed by atoms with E-state index < -0.39 is 5.91 Å². The average molecular weight is 411 g/mol. The van der Waals surface area contributed by atoms with Crippen LogP contribution in [0.1, 0.15) is 10.6 Å². The van der Waals surface area contributed by atoms with Gasteiger partial charge in [0.15, 0.2) is 15.2 Å². The van der Waals surface area contributed by atoms with Crippen LogP contribution in [0.2, 0.25) is 0 Å². The highest BCUT2D eigenvalue weighted by Gasteiger charge is 2.12. The van der Waals surface area contributed by atoms with Crippen LogP contribution in [0.25, 0.3) is 10.2 Å². The number of nitrogens with zero attached hydrogens (tertiary/aromatic N) is 2. The van der Waals surface area contributed by atoms with Crippen molar-refractivity contribution in [2.75, 3.05) is 20.8 Å². The highest BCUT2D eigenvalue weighted by molar-refractivity contribution is 9.10. The molecule has 126 valence electrons. The lowest BCUT2D eigenvalue weighted by Gasteiger charge is -2.04. The number of fused-ring (bicyclic) bond motifs is 1. The third-order valence-corrected chi connectivity index (χ3v) is 4.86. The SMILES string of the molecule is COCCn1c(=NC(=O)c2ccc(Br)o2)sc2cc(OC)ccc21. The number of rotatable bonds is 5. The summed E-state index contributed by atoms with van der Waals surface area (Å²) in [4.78, 5) is 17.1. The van der Waals surface area contributed by atoms with Gasteiger partial charge in [0, 0.05) is 13.7 Å². The highest BCUT2D eigenvalue weighted by atomic mass is 79.9. The minimum atomic E-state index is -0.426. The molecule has 24 heavy (non-hydrogen) atoms. The maximum Gasteiger partial charge on any atom is 0.315 e. The molecule has 8 heteroatoms. The largest absolute Gasteiger partial charge is 0.497 e. The van der Waals surface area contributed by atoms with E-state index in [1.807, 2.05) is 22.8 Å². The van der Waals surface area contributed by atoms with Crippen LogP contribution >= 0.6 is 27.3 Å². The van der Waals surface area contributed by atoms with Crippen LogP contribution in [-0.4, -0.2) is 31.3 Å². The highest BCUT2D eigenvalue weighted by Crippen LogP contribution is 2.23. The van der Waals surface area contributed by atoms with Gasteiger partial charge in [0.25, 0.3) is 0 Å². The Morgan fingerprint density at radius 3 is 2.83 bits per heavy atom. The number of amides is 1. The lowest BCUT2D eigenvalue weighted by molar-refractivity contribution is 0.0969. The van der Waals surface area contributed by atoms with Crippen molar-refractivity contribution in [2.45, 2.75) is 6.54 Å². The van der Waals surface area contributed by atoms with Crippen LogP contribution in [0.5, 0.6) is 5.75 Å². The van der Waals surface area contributed by atoms with Crippen LogP contribution in [0.15, 0.2) is 44.4 Å². The van der Waals surface area contributed by atoms with Crippen molar-refractivity contribution in [1.82, 2.24) is 4.57 Å². The predicted molar refractivity (Wildman–Crippen MR) is 94.5 cm³/mol. The van der Waals surface area contributed by atoms with Crippen LogP contribution in [0.4, 0.5) is 0 Å². The van der Waals surface area contributed by atoms with Gasteiger partial charge < -0.3 is 18.5 Å². The van der Waals surface area contributed by atoms with Crippen LogP contribution in [0, 0.1) is 0 Å². The quantitative estimate of drug-likeness (QED) is 0.645. The minimum Gasteiger partial charge on any atom is -0.497 e. The van der Waals surface area contributed by atoms with E-state index in [0.717, 1.165) is 16.0 Å². The Morgan fingerprint density at radius 2 is 2.17 bits per heavy atom. The van der Waals surface area contributed by atoms with Crippen molar-refractivity contribution in [1.29, 1.82) is 0 Å². The number of halogens is 1. The van der Waals surface area contributed by atoms with E-state index in [0.29, 0.717) is 22.6 Å². The zero-order valence-corrected chi connectivity index (χ0v) is 15.5. The van der Waals surface area contributed by atoms with Gasteiger partial charge in [-0.1, -0.05) is 11.3 Å². The van der Waals surface area contributed by atoms with Gasteiger partial charge in [-0.3, -0.25) is 4.79 Å². The van der Waals surface area contributed by atoms with E-state index in [2.05, 4.69) is 20.9 Å². The Hall–Kier alpha value is -1.90. The molecule has 0 radical (unpaired) electrons. The van der Waals surface area contributed by atoms with Gasteiger partial charge in [0.1, 0.15) is 5.75 Å². The van der Waals surface area contributed by atoms with Crippen molar-refractivity contribution >= 4 is 43.4 Å². The van der Waals surface area contributed by atoms with E-state index in [1.165, 1.54) is 11.3 Å². The monoisotopic (exact) mass is 410 g/mol. The Morgan fingerprint density at radius 1 is 1.33 bits per heavy atom. The number of methoxy groups -OCH3 is 2. The minimum absolute atomic E-state index is 0.190. The van der Waals surface area contributed by atoms with E-state index in [-0.39, 0.29) is 5.76 Å². The zero-order chi connectivity index (χ0) is 17.1. The van der Waals surface area contributed by atoms with E-state index in [1.54, 1.807) is 26.4 Å². The molecule has 0 saturated carbocycles. The topological polar surface area (TPSA) is 66.0 Å². The molecule has 0 aliphatic carbocycles. The molecule has 0 fully saturated rings. The fraction of sp³-hybridized carbons (Fsp3) is 0.250. The van der Waals surface area contributed by atoms with Crippen LogP contribution in [0.3, 0.4) is 0 Å². The second-order valence-electron chi connectivity index (χ2n) is 4.88. The smallest absolute Gasteiger partial charge is 0.315 e. The van der Waals surface area contributed by atoms with Gasteiger partial charge in [-0.2, -0.15) is 4.99 Å². The van der Waals surface area contributed by atoms with Gasteiger partial charge in [0.2, 0.25) is 0 Å². The first-order valence-corrected chi connectivity index (χ1v) is 8.74. The molecule has 0 aliphatic rings. The molecule has 0 saturated heterocycles. The molecule has 0 aliphatic heterocycles. The van der Waals surface area contributed by atoms with Crippen molar-refractivity contribution in [2.24, 2.45) is 4.99 Å². The molecule has 1 aromatic carbocycles. The molecule has 1 amide bonds. The van der Waals surface area contributed by atoms with E-state index in [9.17, 15) is 4.79 Å². The Kier molecular flexibility index (Phi) is 5.17. The standard InChI is InChI=1S/C16H15BrN2O4S/c1-21-8-7-19-11-4-3-10(22-2)9-13(11)24-16(19)18-15(20)12-5-6-14(17)23-12/h3-6,9H,7-8H2,1-2H3. The van der Waals surface area contributed by atoms with Crippen molar-refractivity contribution in [3.8, 4) is 5.75 Å². The molecule has 3 rings (SSSR count). The lowest BCUT2D eigenvalue weighted by Crippen LogP contribution is -2.19. The van der Waals surface area contributed by atoms with E-state index in [4.69, 9.17) is 13.9 Å². The molecule has 0 N–H and O–H groups in total. The third kappa shape index (κ3) is 3.45. The molecule has 0 bridgehead atoms. The number of benzene rings is 1. The lowest BCUT2D eigenvalue weighted by atomic mass is 10.3.